The summed E-state index contributed by atoms with van der Waals surface area (Å²) >= 11 is 0. The molecule has 0 bridgehead atoms. The topological polar surface area (TPSA) is 39.2 Å². The molecule has 0 aromatic carbocycles. The van der Waals surface area contributed by atoms with Crippen LogP contribution in [0.5, 0.6) is 0 Å². The largest absolute Gasteiger partial charge is 0.462 e. The van der Waals surface area contributed by atoms with Gasteiger partial charge in [0, 0.05) is 6.20 Å². The van der Waals surface area contributed by atoms with E-state index in [4.69, 9.17) is 4.74 Å². The fourth-order valence-corrected chi connectivity index (χ4v) is 2.16. The second kappa shape index (κ2) is 6.45. The molecule has 118 valence electrons. The van der Waals surface area contributed by atoms with Gasteiger partial charge in [-0.15, -0.1) is 0 Å². The molecular formula is C15H20F3NO2. The molecule has 0 radical (unpaired) electrons. The quantitative estimate of drug-likeness (QED) is 0.786. The van der Waals surface area contributed by atoms with Gasteiger partial charge in [-0.3, -0.25) is 4.98 Å². The molecule has 0 aliphatic heterocycles. The number of esters is 1. The Balaban J connectivity index is 0.00000106. The van der Waals surface area contributed by atoms with Gasteiger partial charge in [-0.2, -0.15) is 13.2 Å². The number of hydrogen-bond donors (Lipinski definition) is 0. The van der Waals surface area contributed by atoms with Gasteiger partial charge in [0.1, 0.15) is 5.41 Å². The Kier molecular flexibility index (Phi) is 5.36. The number of ether oxygens (including phenoxy) is 1. The lowest BCUT2D eigenvalue weighted by atomic mass is 9.94. The summed E-state index contributed by atoms with van der Waals surface area (Å²) in [5.74, 6) is -0.737. The van der Waals surface area contributed by atoms with E-state index in [1.54, 1.807) is 13.8 Å². The third-order valence-corrected chi connectivity index (χ3v) is 3.38. The average molecular weight is 303 g/mol. The van der Waals surface area contributed by atoms with E-state index in [0.717, 1.165) is 0 Å². The maximum atomic E-state index is 13.2. The van der Waals surface area contributed by atoms with Crippen LogP contribution in [0.2, 0.25) is 0 Å². The van der Waals surface area contributed by atoms with Crippen LogP contribution in [0, 0.1) is 6.92 Å². The second-order valence-corrected chi connectivity index (χ2v) is 4.65. The van der Waals surface area contributed by atoms with Gasteiger partial charge in [0.2, 0.25) is 0 Å². The number of hydrogen-bond acceptors (Lipinski definition) is 3. The lowest BCUT2D eigenvalue weighted by molar-refractivity contribution is -0.161. The Morgan fingerprint density at radius 2 is 1.95 bits per heavy atom. The standard InChI is InChI=1S/C13H14F3NO2.C2H6/c1-3-19-11(18)9-8(2)4-7-17-10(9)12(5-6-12)13(14,15)16;1-2/h4,7H,3,5-6H2,1-2H3;1-2H3. The fraction of sp³-hybridized carbons (Fsp3) is 0.600. The Labute approximate surface area is 122 Å². The van der Waals surface area contributed by atoms with Crippen molar-refractivity contribution in [1.29, 1.82) is 0 Å². The summed E-state index contributed by atoms with van der Waals surface area (Å²) in [6.45, 7) is 7.31. The highest BCUT2D eigenvalue weighted by atomic mass is 19.4. The highest BCUT2D eigenvalue weighted by Gasteiger charge is 2.66. The molecule has 1 aliphatic carbocycles. The van der Waals surface area contributed by atoms with Crippen molar-refractivity contribution in [3.63, 3.8) is 0 Å². The maximum Gasteiger partial charge on any atom is 0.399 e. The van der Waals surface area contributed by atoms with E-state index < -0.39 is 17.6 Å². The fourth-order valence-electron chi connectivity index (χ4n) is 2.16. The molecule has 0 unspecified atom stereocenters. The highest BCUT2D eigenvalue weighted by Crippen LogP contribution is 2.59. The van der Waals surface area contributed by atoms with E-state index in [9.17, 15) is 18.0 Å². The summed E-state index contributed by atoms with van der Waals surface area (Å²) in [5, 5.41) is 0. The van der Waals surface area contributed by atoms with E-state index >= 15 is 0 Å². The van der Waals surface area contributed by atoms with Gasteiger partial charge in [0.05, 0.1) is 17.9 Å². The summed E-state index contributed by atoms with van der Waals surface area (Å²) in [6, 6.07) is 1.52. The normalized spacial score (nSPS) is 15.8. The number of carbonyl (C=O) groups excluding carboxylic acids is 1. The molecule has 0 spiro atoms. The molecule has 1 aromatic rings. The minimum absolute atomic E-state index is 0.0284. The molecular weight excluding hydrogens is 283 g/mol. The summed E-state index contributed by atoms with van der Waals surface area (Å²) < 4.78 is 44.3. The van der Waals surface area contributed by atoms with Crippen LogP contribution in [0.1, 0.15) is 55.2 Å². The van der Waals surface area contributed by atoms with Gasteiger partial charge < -0.3 is 4.74 Å². The summed E-state index contributed by atoms with van der Waals surface area (Å²) in [7, 11) is 0. The average Bonchev–Trinajstić information content (AvgIpc) is 3.21. The Morgan fingerprint density at radius 3 is 2.38 bits per heavy atom. The minimum Gasteiger partial charge on any atom is -0.462 e. The molecule has 0 atom stereocenters. The third kappa shape index (κ3) is 3.19. The van der Waals surface area contributed by atoms with Gasteiger partial charge >= 0.3 is 12.1 Å². The van der Waals surface area contributed by atoms with Crippen LogP contribution in [0.15, 0.2) is 12.3 Å². The lowest BCUT2D eigenvalue weighted by Crippen LogP contribution is -2.32. The molecule has 2 rings (SSSR count). The number of halogens is 3. The first-order chi connectivity index (χ1) is 9.83. The highest BCUT2D eigenvalue weighted by molar-refractivity contribution is 5.92. The third-order valence-electron chi connectivity index (χ3n) is 3.38. The number of nitrogens with zero attached hydrogens (tertiary/aromatic N) is 1. The molecule has 1 fully saturated rings. The summed E-state index contributed by atoms with van der Waals surface area (Å²) in [5.41, 5.74) is -1.75. The molecule has 0 saturated heterocycles. The van der Waals surface area contributed by atoms with Crippen molar-refractivity contribution in [2.45, 2.75) is 52.1 Å². The number of carbonyl (C=O) groups is 1. The zero-order chi connectivity index (χ0) is 16.3. The number of rotatable bonds is 3. The first-order valence-corrected chi connectivity index (χ1v) is 7.03. The van der Waals surface area contributed by atoms with Crippen molar-refractivity contribution < 1.29 is 22.7 Å². The van der Waals surface area contributed by atoms with E-state index in [1.165, 1.54) is 12.3 Å². The van der Waals surface area contributed by atoms with Gasteiger partial charge in [-0.25, -0.2) is 4.79 Å². The van der Waals surface area contributed by atoms with Crippen molar-refractivity contribution in [3.8, 4) is 0 Å². The van der Waals surface area contributed by atoms with Crippen LogP contribution >= 0.6 is 0 Å². The number of alkyl halides is 3. The van der Waals surface area contributed by atoms with Crippen molar-refractivity contribution in [1.82, 2.24) is 4.98 Å². The summed E-state index contributed by atoms with van der Waals surface area (Å²) in [4.78, 5) is 15.7. The van der Waals surface area contributed by atoms with Gasteiger partial charge in [-0.1, -0.05) is 13.8 Å². The van der Waals surface area contributed by atoms with Crippen molar-refractivity contribution in [3.05, 3.63) is 29.1 Å². The molecule has 6 heteroatoms. The van der Waals surface area contributed by atoms with E-state index in [2.05, 4.69) is 4.98 Å². The van der Waals surface area contributed by atoms with E-state index in [0.29, 0.717) is 5.56 Å². The Bertz CT molecular complexity index is 508. The van der Waals surface area contributed by atoms with Gasteiger partial charge in [0.25, 0.3) is 0 Å². The minimum atomic E-state index is -4.39. The molecule has 1 aliphatic rings. The molecule has 0 N–H and O–H groups in total. The smallest absolute Gasteiger partial charge is 0.399 e. The van der Waals surface area contributed by atoms with Gasteiger partial charge in [-0.05, 0) is 38.3 Å². The molecule has 1 saturated carbocycles. The predicted octanol–water partition coefficient (Wildman–Crippen LogP) is 4.19. The van der Waals surface area contributed by atoms with Crippen LogP contribution in [0.3, 0.4) is 0 Å². The first kappa shape index (κ1) is 17.5. The number of aromatic nitrogens is 1. The van der Waals surface area contributed by atoms with Crippen molar-refractivity contribution in [2.24, 2.45) is 0 Å². The maximum absolute atomic E-state index is 13.2. The molecule has 0 amide bonds. The Hall–Kier alpha value is -1.59. The molecule has 21 heavy (non-hydrogen) atoms. The number of aryl methyl sites for hydroxylation is 1. The molecule has 1 aromatic heterocycles. The van der Waals surface area contributed by atoms with Crippen molar-refractivity contribution >= 4 is 5.97 Å². The zero-order valence-electron chi connectivity index (χ0n) is 12.7. The van der Waals surface area contributed by atoms with E-state index in [-0.39, 0.29) is 30.7 Å². The van der Waals surface area contributed by atoms with Crippen LogP contribution in [-0.4, -0.2) is 23.7 Å². The monoisotopic (exact) mass is 303 g/mol. The first-order valence-electron chi connectivity index (χ1n) is 7.03. The molecule has 3 nitrogen and oxygen atoms in total. The molecule has 1 heterocycles. The summed E-state index contributed by atoms with van der Waals surface area (Å²) in [6.07, 6.45) is -3.15. The number of pyridine rings is 1. The van der Waals surface area contributed by atoms with Gasteiger partial charge in [0.15, 0.2) is 0 Å². The second-order valence-electron chi connectivity index (χ2n) is 4.65. The van der Waals surface area contributed by atoms with Crippen LogP contribution in [-0.2, 0) is 10.2 Å². The zero-order valence-corrected chi connectivity index (χ0v) is 12.7. The van der Waals surface area contributed by atoms with Crippen molar-refractivity contribution in [2.75, 3.05) is 6.61 Å². The lowest BCUT2D eigenvalue weighted by Gasteiger charge is -2.21. The van der Waals surface area contributed by atoms with Crippen LogP contribution < -0.4 is 0 Å². The SMILES string of the molecule is CC.CCOC(=O)c1c(C)ccnc1C1(C(F)(F)F)CC1. The van der Waals surface area contributed by atoms with Crippen LogP contribution in [0.25, 0.3) is 0 Å². The predicted molar refractivity (Wildman–Crippen MR) is 73.2 cm³/mol. The van der Waals surface area contributed by atoms with E-state index in [1.807, 2.05) is 13.8 Å². The Morgan fingerprint density at radius 1 is 1.38 bits per heavy atom. The van der Waals surface area contributed by atoms with Crippen LogP contribution in [0.4, 0.5) is 13.2 Å².